The van der Waals surface area contributed by atoms with Gasteiger partial charge in [0.15, 0.2) is 0 Å². The lowest BCUT2D eigenvalue weighted by Gasteiger charge is -2.35. The van der Waals surface area contributed by atoms with Crippen LogP contribution in [0.4, 0.5) is 0 Å². The van der Waals surface area contributed by atoms with E-state index in [0.29, 0.717) is 19.5 Å². The van der Waals surface area contributed by atoms with E-state index in [1.54, 1.807) is 6.26 Å². The number of carbonyl (C=O) groups is 2. The van der Waals surface area contributed by atoms with Crippen molar-refractivity contribution in [3.8, 4) is 0 Å². The van der Waals surface area contributed by atoms with Gasteiger partial charge in [0.2, 0.25) is 11.8 Å². The summed E-state index contributed by atoms with van der Waals surface area (Å²) in [6.45, 7) is 8.23. The summed E-state index contributed by atoms with van der Waals surface area (Å²) in [5, 5.41) is 1.05. The molecule has 2 aromatic rings. The molecule has 27 heavy (non-hydrogen) atoms. The Balaban J connectivity index is 1.55. The number of nitrogens with zero attached hydrogens (tertiary/aromatic N) is 2. The largest absolute Gasteiger partial charge is 0.464 e. The van der Waals surface area contributed by atoms with Gasteiger partial charge in [0.25, 0.3) is 0 Å². The van der Waals surface area contributed by atoms with Crippen LogP contribution in [-0.4, -0.2) is 47.3 Å². The Labute approximate surface area is 160 Å². The third kappa shape index (κ3) is 3.24. The van der Waals surface area contributed by atoms with Gasteiger partial charge in [-0.1, -0.05) is 13.0 Å². The molecule has 2 amide bonds. The number of furan rings is 1. The molecule has 5 heteroatoms. The van der Waals surface area contributed by atoms with Gasteiger partial charge in [-0.15, -0.1) is 0 Å². The van der Waals surface area contributed by atoms with Crippen LogP contribution in [0.25, 0.3) is 11.0 Å². The fourth-order valence-electron chi connectivity index (χ4n) is 4.81. The fraction of sp³-hybridized carbons (Fsp3) is 0.545. The van der Waals surface area contributed by atoms with Gasteiger partial charge in [-0.25, -0.2) is 0 Å². The van der Waals surface area contributed by atoms with Gasteiger partial charge in [0.1, 0.15) is 5.58 Å². The molecule has 3 fully saturated rings. The quantitative estimate of drug-likeness (QED) is 0.831. The average molecular weight is 368 g/mol. The van der Waals surface area contributed by atoms with E-state index in [1.807, 2.05) is 22.8 Å². The van der Waals surface area contributed by atoms with Crippen LogP contribution in [0, 0.1) is 19.8 Å². The lowest BCUT2D eigenvalue weighted by Crippen LogP contribution is -2.48. The smallest absolute Gasteiger partial charge is 0.227 e. The lowest BCUT2D eigenvalue weighted by molar-refractivity contribution is -0.139. The number of fused-ring (bicyclic) bond motifs is 5. The van der Waals surface area contributed by atoms with Gasteiger partial charge in [-0.3, -0.25) is 9.59 Å². The first kappa shape index (κ1) is 18.1. The Kier molecular flexibility index (Phi) is 4.70. The van der Waals surface area contributed by atoms with Crippen LogP contribution >= 0.6 is 0 Å². The van der Waals surface area contributed by atoms with Gasteiger partial charge in [0, 0.05) is 36.6 Å². The molecule has 0 aliphatic carbocycles. The van der Waals surface area contributed by atoms with Gasteiger partial charge in [-0.2, -0.15) is 0 Å². The highest BCUT2D eigenvalue weighted by molar-refractivity contribution is 5.90. The molecule has 2 bridgehead atoms. The first-order chi connectivity index (χ1) is 13.0. The summed E-state index contributed by atoms with van der Waals surface area (Å²) in [5.41, 5.74) is 4.09. The number of benzene rings is 1. The number of hydrogen-bond acceptors (Lipinski definition) is 3. The van der Waals surface area contributed by atoms with Crippen molar-refractivity contribution in [1.82, 2.24) is 9.80 Å². The topological polar surface area (TPSA) is 53.8 Å². The van der Waals surface area contributed by atoms with E-state index in [1.165, 1.54) is 0 Å². The molecule has 0 spiro atoms. The number of rotatable bonds is 4. The zero-order valence-corrected chi connectivity index (χ0v) is 16.5. The first-order valence-corrected chi connectivity index (χ1v) is 10.0. The summed E-state index contributed by atoms with van der Waals surface area (Å²) in [7, 11) is 0. The van der Waals surface area contributed by atoms with Gasteiger partial charge >= 0.3 is 0 Å². The van der Waals surface area contributed by atoms with Crippen LogP contribution in [0.5, 0.6) is 0 Å². The summed E-state index contributed by atoms with van der Waals surface area (Å²) < 4.78 is 5.71. The summed E-state index contributed by atoms with van der Waals surface area (Å²) >= 11 is 0. The molecule has 3 aliphatic heterocycles. The highest BCUT2D eigenvalue weighted by atomic mass is 16.3. The van der Waals surface area contributed by atoms with Gasteiger partial charge in [0.05, 0.1) is 18.6 Å². The minimum Gasteiger partial charge on any atom is -0.464 e. The second-order valence-electron chi connectivity index (χ2n) is 8.15. The van der Waals surface area contributed by atoms with Crippen LogP contribution in [0.3, 0.4) is 0 Å². The molecule has 4 heterocycles. The molecule has 5 nitrogen and oxygen atoms in total. The summed E-state index contributed by atoms with van der Waals surface area (Å²) in [6, 6.07) is 4.31. The summed E-state index contributed by atoms with van der Waals surface area (Å²) in [5.74, 6) is 0.300. The van der Waals surface area contributed by atoms with Crippen molar-refractivity contribution in [2.75, 3.05) is 19.6 Å². The van der Waals surface area contributed by atoms with Crippen molar-refractivity contribution in [3.05, 3.63) is 35.1 Å². The number of amides is 2. The third-order valence-electron chi connectivity index (χ3n) is 6.05. The zero-order valence-electron chi connectivity index (χ0n) is 16.5. The van der Waals surface area contributed by atoms with Crippen molar-refractivity contribution in [2.24, 2.45) is 5.92 Å². The first-order valence-electron chi connectivity index (χ1n) is 10.0. The van der Waals surface area contributed by atoms with E-state index in [4.69, 9.17) is 4.42 Å². The number of piperidine rings is 1. The molecule has 2 atom stereocenters. The van der Waals surface area contributed by atoms with Crippen molar-refractivity contribution in [1.29, 1.82) is 0 Å². The van der Waals surface area contributed by atoms with Crippen LogP contribution in [0.1, 0.15) is 42.9 Å². The highest BCUT2D eigenvalue weighted by Gasteiger charge is 2.41. The Morgan fingerprint density at radius 1 is 1.22 bits per heavy atom. The zero-order chi connectivity index (χ0) is 19.1. The van der Waals surface area contributed by atoms with E-state index in [-0.39, 0.29) is 23.8 Å². The Morgan fingerprint density at radius 2 is 2.04 bits per heavy atom. The van der Waals surface area contributed by atoms with Gasteiger partial charge in [-0.05, 0) is 50.3 Å². The van der Waals surface area contributed by atoms with E-state index in [2.05, 4.69) is 19.9 Å². The minimum atomic E-state index is -0.0373. The lowest BCUT2D eigenvalue weighted by atomic mass is 9.94. The van der Waals surface area contributed by atoms with Crippen molar-refractivity contribution < 1.29 is 14.0 Å². The Bertz CT molecular complexity index is 885. The van der Waals surface area contributed by atoms with Crippen molar-refractivity contribution >= 4 is 22.8 Å². The number of aryl methyl sites for hydroxylation is 2. The van der Waals surface area contributed by atoms with Crippen molar-refractivity contribution in [3.63, 3.8) is 0 Å². The van der Waals surface area contributed by atoms with Crippen LogP contribution in [0.15, 0.2) is 22.8 Å². The molecule has 0 saturated carbocycles. The summed E-state index contributed by atoms with van der Waals surface area (Å²) in [6.07, 6.45) is 4.92. The maximum absolute atomic E-state index is 13.1. The molecular weight excluding hydrogens is 340 g/mol. The predicted molar refractivity (Wildman–Crippen MR) is 104 cm³/mol. The van der Waals surface area contributed by atoms with E-state index in [0.717, 1.165) is 53.5 Å². The highest BCUT2D eigenvalue weighted by Crippen LogP contribution is 2.31. The molecule has 0 unspecified atom stereocenters. The SMILES string of the molecule is CCCN1C(=O)[C@@H]2CC[C@H]1CN(C(=O)Cc1coc3cc(C)cc(C)c13)C2. The predicted octanol–water partition coefficient (Wildman–Crippen LogP) is 3.45. The van der Waals surface area contributed by atoms with E-state index >= 15 is 0 Å². The maximum atomic E-state index is 13.1. The Morgan fingerprint density at radius 3 is 2.81 bits per heavy atom. The summed E-state index contributed by atoms with van der Waals surface area (Å²) in [4.78, 5) is 29.7. The van der Waals surface area contributed by atoms with Crippen LogP contribution < -0.4 is 0 Å². The minimum absolute atomic E-state index is 0.0373. The molecule has 3 saturated heterocycles. The number of hydrogen-bond donors (Lipinski definition) is 0. The molecule has 3 aliphatic rings. The molecule has 1 aromatic heterocycles. The van der Waals surface area contributed by atoms with Crippen LogP contribution in [0.2, 0.25) is 0 Å². The van der Waals surface area contributed by atoms with E-state index < -0.39 is 0 Å². The molecule has 144 valence electrons. The second-order valence-corrected chi connectivity index (χ2v) is 8.15. The maximum Gasteiger partial charge on any atom is 0.227 e. The second kappa shape index (κ2) is 7.02. The van der Waals surface area contributed by atoms with Crippen molar-refractivity contribution in [2.45, 2.75) is 52.5 Å². The molecule has 0 radical (unpaired) electrons. The normalized spacial score (nSPS) is 22.6. The third-order valence-corrected chi connectivity index (χ3v) is 6.05. The average Bonchev–Trinajstić information content (AvgIpc) is 2.83. The van der Waals surface area contributed by atoms with Crippen LogP contribution in [-0.2, 0) is 16.0 Å². The number of carbonyl (C=O) groups excluding carboxylic acids is 2. The molecule has 1 aromatic carbocycles. The molecule has 0 N–H and O–H groups in total. The Hall–Kier alpha value is -2.30. The standard InChI is InChI=1S/C22H28N2O3/c1-4-7-24-18-6-5-16(22(24)26)11-23(12-18)20(25)10-17-13-27-19-9-14(2)8-15(3)21(17)19/h8-9,13,16,18H,4-7,10-12H2,1-3H3/t16-,18+/m1/s1. The van der Waals surface area contributed by atoms with Gasteiger partial charge < -0.3 is 14.2 Å². The van der Waals surface area contributed by atoms with E-state index in [9.17, 15) is 9.59 Å². The monoisotopic (exact) mass is 368 g/mol. The molecular formula is C22H28N2O3. The molecule has 5 rings (SSSR count). The fourth-order valence-corrected chi connectivity index (χ4v) is 4.81.